The number of nitrogens with zero attached hydrogens (tertiary/aromatic N) is 2. The van der Waals surface area contributed by atoms with E-state index in [0.717, 1.165) is 71.5 Å². The third-order valence-corrected chi connectivity index (χ3v) is 18.3. The van der Waals surface area contributed by atoms with Crippen molar-refractivity contribution in [3.63, 3.8) is 0 Å². The molecule has 4 saturated carbocycles. The number of hydrogen-bond donors (Lipinski definition) is 0. The molecule has 2 nitrogen and oxygen atoms in total. The van der Waals surface area contributed by atoms with Gasteiger partial charge in [0.15, 0.2) is 0 Å². The van der Waals surface area contributed by atoms with Crippen LogP contribution in [0.2, 0.25) is 0 Å². The Morgan fingerprint density at radius 1 is 0.500 bits per heavy atom. The first-order chi connectivity index (χ1) is 26.8. The Labute approximate surface area is 331 Å². The average molecular weight is 731 g/mol. The molecule has 10 rings (SSSR count). The van der Waals surface area contributed by atoms with Gasteiger partial charge < -0.3 is 9.80 Å². The lowest BCUT2D eigenvalue weighted by Crippen LogP contribution is -2.50. The first kappa shape index (κ1) is 36.6. The van der Waals surface area contributed by atoms with E-state index in [1.165, 1.54) is 167 Å². The zero-order valence-corrected chi connectivity index (χ0v) is 34.5. The molecule has 2 unspecified atom stereocenters. The highest BCUT2D eigenvalue weighted by Crippen LogP contribution is 2.58. The van der Waals surface area contributed by atoms with E-state index in [1.807, 2.05) is 16.8 Å². The second-order valence-corrected chi connectivity index (χ2v) is 20.9. The van der Waals surface area contributed by atoms with Crippen LogP contribution in [0.4, 0.5) is 0 Å². The van der Waals surface area contributed by atoms with Crippen LogP contribution in [0.15, 0.2) is 59.0 Å². The first-order valence-electron chi connectivity index (χ1n) is 24.8. The molecule has 10 aliphatic rings. The van der Waals surface area contributed by atoms with Crippen LogP contribution in [-0.4, -0.2) is 34.0 Å². The molecule has 1 saturated heterocycles. The standard InChI is InChI=1S/C52H78N2/c1-4-12-37(13-5-1)39-20-28-45(29-21-39)53(46-30-22-40(23-31-46)38-14-6-2-7-15-38)47-32-24-41(25-33-47)43-27-34-49-50-35-26-42-16-10-11-19-48(42)52(50)54(51(49)36-43)44-17-8-3-9-18-44/h1,4,14,20,30,36-37,40-45,47-50,52H,2-3,5-13,15-19,21-29,31-35H2/t37-,40+,41?,42+,43?,45-,47?,48+,49-,50?,52+/m0/s1. The first-order valence-corrected chi connectivity index (χ1v) is 24.8. The number of fused-ring (bicyclic) bond motifs is 5. The highest BCUT2D eigenvalue weighted by molar-refractivity contribution is 5.25. The molecule has 0 amide bonds. The summed E-state index contributed by atoms with van der Waals surface area (Å²) in [6.45, 7) is 0. The second kappa shape index (κ2) is 16.6. The van der Waals surface area contributed by atoms with Crippen molar-refractivity contribution in [1.29, 1.82) is 0 Å². The normalized spacial score (nSPS) is 41.8. The van der Waals surface area contributed by atoms with Crippen LogP contribution in [0.1, 0.15) is 193 Å². The SMILES string of the molecule is C1=CC[C@H](C2=CC[C@H](N(C3=CC[C@@H](C4=CCCCC4)CC3)C3CCC(C4C=C5[C@@H](CC4)C4CC[C@H]6CCCC[C@H]6[C@H]4N5C4CCCCC4)CC3)CC2)CC1. The van der Waals surface area contributed by atoms with Crippen LogP contribution in [-0.2, 0) is 0 Å². The van der Waals surface area contributed by atoms with Crippen LogP contribution >= 0.6 is 0 Å². The number of allylic oxidation sites excluding steroid dienone is 9. The zero-order valence-electron chi connectivity index (χ0n) is 34.5. The van der Waals surface area contributed by atoms with Crippen molar-refractivity contribution < 1.29 is 0 Å². The van der Waals surface area contributed by atoms with Crippen molar-refractivity contribution in [2.75, 3.05) is 0 Å². The van der Waals surface area contributed by atoms with E-state index in [0.29, 0.717) is 0 Å². The fraction of sp³-hybridized carbons (Fsp3) is 0.808. The third kappa shape index (κ3) is 7.31. The molecule has 2 heteroatoms. The largest absolute Gasteiger partial charge is 0.369 e. The molecule has 0 N–H and O–H groups in total. The Kier molecular flexibility index (Phi) is 11.3. The lowest BCUT2D eigenvalue weighted by molar-refractivity contribution is 0.0210. The highest BCUT2D eigenvalue weighted by atomic mass is 15.2. The summed E-state index contributed by atoms with van der Waals surface area (Å²) in [5.74, 6) is 7.40. The molecule has 1 heterocycles. The topological polar surface area (TPSA) is 6.48 Å². The average Bonchev–Trinajstić information content (AvgIpc) is 3.60. The van der Waals surface area contributed by atoms with Gasteiger partial charge in [-0.3, -0.25) is 0 Å². The van der Waals surface area contributed by atoms with Gasteiger partial charge in [-0.2, -0.15) is 0 Å². The maximum Gasteiger partial charge on any atom is 0.0355 e. The molecule has 9 atom stereocenters. The van der Waals surface area contributed by atoms with Crippen molar-refractivity contribution in [2.24, 2.45) is 47.3 Å². The molecule has 296 valence electrons. The second-order valence-electron chi connectivity index (χ2n) is 20.9. The summed E-state index contributed by atoms with van der Waals surface area (Å²) in [6, 6.07) is 3.28. The lowest BCUT2D eigenvalue weighted by Gasteiger charge is -2.49. The van der Waals surface area contributed by atoms with E-state index in [4.69, 9.17) is 0 Å². The van der Waals surface area contributed by atoms with E-state index in [9.17, 15) is 0 Å². The molecule has 1 aliphatic heterocycles. The summed E-state index contributed by atoms with van der Waals surface area (Å²) in [6.07, 6.45) is 59.3. The molecule has 0 aromatic heterocycles. The summed E-state index contributed by atoms with van der Waals surface area (Å²) < 4.78 is 0. The number of hydrogen-bond acceptors (Lipinski definition) is 2. The molecule has 0 spiro atoms. The monoisotopic (exact) mass is 731 g/mol. The maximum atomic E-state index is 3.25. The summed E-state index contributed by atoms with van der Waals surface area (Å²) >= 11 is 0. The number of rotatable bonds is 7. The fourth-order valence-electron chi connectivity index (χ4n) is 15.6. The Bertz CT molecular complexity index is 1450. The van der Waals surface area contributed by atoms with Gasteiger partial charge in [0.2, 0.25) is 0 Å². The Balaban J connectivity index is 0.856. The van der Waals surface area contributed by atoms with Crippen molar-refractivity contribution >= 4 is 0 Å². The van der Waals surface area contributed by atoms with Crippen LogP contribution in [0.5, 0.6) is 0 Å². The molecular formula is C52H78N2. The van der Waals surface area contributed by atoms with Gasteiger partial charge in [0.05, 0.1) is 0 Å². The van der Waals surface area contributed by atoms with E-state index >= 15 is 0 Å². The Morgan fingerprint density at radius 3 is 2.11 bits per heavy atom. The molecular weight excluding hydrogens is 653 g/mol. The molecule has 0 radical (unpaired) electrons. The van der Waals surface area contributed by atoms with Gasteiger partial charge in [-0.15, -0.1) is 0 Å². The van der Waals surface area contributed by atoms with Crippen LogP contribution in [0.25, 0.3) is 0 Å². The Hall–Kier alpha value is -1.70. The number of likely N-dealkylation sites (tertiary alicyclic amines) is 1. The van der Waals surface area contributed by atoms with Gasteiger partial charge in [-0.1, -0.05) is 86.1 Å². The molecule has 0 aromatic rings. The minimum atomic E-state index is 0.734. The third-order valence-electron chi connectivity index (χ3n) is 18.3. The van der Waals surface area contributed by atoms with Gasteiger partial charge >= 0.3 is 0 Å². The van der Waals surface area contributed by atoms with Gasteiger partial charge in [0.1, 0.15) is 0 Å². The van der Waals surface area contributed by atoms with Gasteiger partial charge in [0, 0.05) is 41.5 Å². The highest BCUT2D eigenvalue weighted by Gasteiger charge is 2.55. The summed E-state index contributed by atoms with van der Waals surface area (Å²) in [5.41, 5.74) is 7.34. The molecule has 5 fully saturated rings. The molecule has 0 aromatic carbocycles. The van der Waals surface area contributed by atoms with Crippen LogP contribution in [0.3, 0.4) is 0 Å². The van der Waals surface area contributed by atoms with Crippen molar-refractivity contribution in [2.45, 2.75) is 217 Å². The minimum absolute atomic E-state index is 0.734. The molecule has 9 aliphatic carbocycles. The van der Waals surface area contributed by atoms with Crippen molar-refractivity contribution in [3.8, 4) is 0 Å². The predicted octanol–water partition coefficient (Wildman–Crippen LogP) is 14.0. The van der Waals surface area contributed by atoms with Crippen molar-refractivity contribution in [3.05, 3.63) is 59.0 Å². The summed E-state index contributed by atoms with van der Waals surface area (Å²) in [5, 5.41) is 0. The van der Waals surface area contributed by atoms with E-state index < -0.39 is 0 Å². The van der Waals surface area contributed by atoms with Gasteiger partial charge in [-0.05, 0) is 196 Å². The fourth-order valence-corrected chi connectivity index (χ4v) is 15.6. The van der Waals surface area contributed by atoms with Gasteiger partial charge in [-0.25, -0.2) is 0 Å². The van der Waals surface area contributed by atoms with E-state index in [2.05, 4.69) is 46.3 Å². The van der Waals surface area contributed by atoms with Crippen molar-refractivity contribution in [1.82, 2.24) is 9.80 Å². The Morgan fingerprint density at radius 2 is 1.33 bits per heavy atom. The lowest BCUT2D eigenvalue weighted by atomic mass is 9.62. The maximum absolute atomic E-state index is 3.25. The quantitative estimate of drug-likeness (QED) is 0.241. The summed E-state index contributed by atoms with van der Waals surface area (Å²) in [7, 11) is 0. The van der Waals surface area contributed by atoms with Gasteiger partial charge in [0.25, 0.3) is 0 Å². The molecule has 54 heavy (non-hydrogen) atoms. The molecule has 0 bridgehead atoms. The van der Waals surface area contributed by atoms with E-state index in [1.54, 1.807) is 31.4 Å². The van der Waals surface area contributed by atoms with Crippen LogP contribution < -0.4 is 0 Å². The van der Waals surface area contributed by atoms with Crippen LogP contribution in [0, 0.1) is 47.3 Å². The smallest absolute Gasteiger partial charge is 0.0355 e. The van der Waals surface area contributed by atoms with E-state index in [-0.39, 0.29) is 0 Å². The minimum Gasteiger partial charge on any atom is -0.369 e. The summed E-state index contributed by atoms with van der Waals surface area (Å²) in [4.78, 5) is 6.37. The zero-order chi connectivity index (χ0) is 35.8. The predicted molar refractivity (Wildman–Crippen MR) is 227 cm³/mol.